The number of nitrogens with zero attached hydrogens (tertiary/aromatic N) is 3. The lowest BCUT2D eigenvalue weighted by Gasteiger charge is -2.18. The monoisotopic (exact) mass is 426 g/mol. The van der Waals surface area contributed by atoms with Crippen LogP contribution in [0.2, 0.25) is 0 Å². The molecule has 5 rings (SSSR count). The predicted octanol–water partition coefficient (Wildman–Crippen LogP) is 3.80. The smallest absolute Gasteiger partial charge is 0.224 e. The van der Waals surface area contributed by atoms with E-state index in [1.807, 2.05) is 16.7 Å². The summed E-state index contributed by atoms with van der Waals surface area (Å²) in [5.74, 6) is 1.03. The van der Waals surface area contributed by atoms with Crippen molar-refractivity contribution in [2.75, 3.05) is 11.1 Å². The molecule has 9 heteroatoms. The van der Waals surface area contributed by atoms with Crippen LogP contribution >= 0.6 is 11.8 Å². The molecule has 0 radical (unpaired) electrons. The topological polar surface area (TPSA) is 90.0 Å². The number of anilines is 1. The van der Waals surface area contributed by atoms with Crippen LogP contribution in [0.25, 0.3) is 0 Å². The minimum atomic E-state index is -0.628. The second-order valence-corrected chi connectivity index (χ2v) is 8.47. The summed E-state index contributed by atoms with van der Waals surface area (Å²) in [6, 6.07) is 6.50. The lowest BCUT2D eigenvalue weighted by molar-refractivity contribution is -0.116. The lowest BCUT2D eigenvalue weighted by atomic mass is 9.98. The number of thioether (sulfide) groups is 1. The van der Waals surface area contributed by atoms with Crippen LogP contribution in [0.1, 0.15) is 52.7 Å². The van der Waals surface area contributed by atoms with Gasteiger partial charge in [0.2, 0.25) is 5.91 Å². The minimum Gasteiger partial charge on any atom is -0.467 e. The molecule has 2 aliphatic rings. The predicted molar refractivity (Wildman–Crippen MR) is 108 cm³/mol. The summed E-state index contributed by atoms with van der Waals surface area (Å²) in [6.07, 6.45) is 4.61. The van der Waals surface area contributed by atoms with Crippen LogP contribution < -0.4 is 5.32 Å². The lowest BCUT2D eigenvalue weighted by Crippen LogP contribution is -2.20. The summed E-state index contributed by atoms with van der Waals surface area (Å²) in [4.78, 5) is 24.2. The highest BCUT2D eigenvalue weighted by Gasteiger charge is 2.31. The van der Waals surface area contributed by atoms with Crippen LogP contribution in [-0.2, 0) is 17.8 Å². The number of carbonyl (C=O) groups is 2. The molecule has 1 N–H and O–H groups in total. The number of Topliss-reactive ketones (excluding diaryl/α,β-unsaturated/α-hetero) is 1. The fourth-order valence-electron chi connectivity index (χ4n) is 3.58. The number of rotatable bonds is 7. The molecule has 154 valence electrons. The standard InChI is InChI=1S/C21H19FN4O3S/c22-16-9-17-13(5-6-19(28)23-17)8-15(16)18(27)11-30-21-25-24-20(12-3-4-12)26(21)10-14-2-1-7-29-14/h1-2,7-9,12H,3-6,10-11H2,(H,23,28). The summed E-state index contributed by atoms with van der Waals surface area (Å²) < 4.78 is 21.9. The molecule has 0 spiro atoms. The fourth-order valence-corrected chi connectivity index (χ4v) is 4.41. The van der Waals surface area contributed by atoms with Crippen molar-refractivity contribution in [1.82, 2.24) is 14.8 Å². The van der Waals surface area contributed by atoms with E-state index in [4.69, 9.17) is 4.42 Å². The normalized spacial score (nSPS) is 15.7. The van der Waals surface area contributed by atoms with Gasteiger partial charge in [0.15, 0.2) is 10.9 Å². The SMILES string of the molecule is O=C1CCc2cc(C(=O)CSc3nnc(C4CC4)n3Cc3ccco3)c(F)cc2N1. The first-order valence-electron chi connectivity index (χ1n) is 9.82. The van der Waals surface area contributed by atoms with E-state index in [-0.39, 0.29) is 23.0 Å². The second kappa shape index (κ2) is 7.71. The Bertz CT molecular complexity index is 1120. The van der Waals surface area contributed by atoms with Crippen molar-refractivity contribution in [2.45, 2.75) is 43.3 Å². The molecule has 30 heavy (non-hydrogen) atoms. The molecule has 1 amide bonds. The molecule has 1 fully saturated rings. The Kier molecular flexibility index (Phi) is 4.90. The van der Waals surface area contributed by atoms with Gasteiger partial charge in [0.05, 0.1) is 24.1 Å². The van der Waals surface area contributed by atoms with E-state index in [1.165, 1.54) is 17.8 Å². The highest BCUT2D eigenvalue weighted by molar-refractivity contribution is 7.99. The van der Waals surface area contributed by atoms with Crippen LogP contribution in [0.15, 0.2) is 40.1 Å². The number of fused-ring (bicyclic) bond motifs is 1. The van der Waals surface area contributed by atoms with Gasteiger partial charge in [-0.15, -0.1) is 10.2 Å². The largest absolute Gasteiger partial charge is 0.467 e. The van der Waals surface area contributed by atoms with Crippen LogP contribution in [0.3, 0.4) is 0 Å². The van der Waals surface area contributed by atoms with Gasteiger partial charge >= 0.3 is 0 Å². The number of amides is 1. The summed E-state index contributed by atoms with van der Waals surface area (Å²) >= 11 is 1.25. The summed E-state index contributed by atoms with van der Waals surface area (Å²) in [5.41, 5.74) is 1.26. The van der Waals surface area contributed by atoms with Crippen LogP contribution in [0.5, 0.6) is 0 Å². The first kappa shape index (κ1) is 19.0. The maximum Gasteiger partial charge on any atom is 0.224 e. The molecule has 1 aromatic carbocycles. The molecule has 0 unspecified atom stereocenters. The number of halogens is 1. The van der Waals surface area contributed by atoms with Crippen molar-refractivity contribution < 1.29 is 18.4 Å². The van der Waals surface area contributed by atoms with Gasteiger partial charge < -0.3 is 9.73 Å². The van der Waals surface area contributed by atoms with Gasteiger partial charge in [0, 0.05) is 18.0 Å². The first-order valence-corrected chi connectivity index (χ1v) is 10.8. The number of hydrogen-bond acceptors (Lipinski definition) is 6. The Labute approximate surface area is 176 Å². The van der Waals surface area contributed by atoms with E-state index in [2.05, 4.69) is 15.5 Å². The average molecular weight is 426 g/mol. The number of ketones is 1. The zero-order valence-corrected chi connectivity index (χ0v) is 16.9. The van der Waals surface area contributed by atoms with Gasteiger partial charge in [-0.05, 0) is 49.1 Å². The number of hydrogen-bond donors (Lipinski definition) is 1. The highest BCUT2D eigenvalue weighted by atomic mass is 32.2. The molecule has 1 aliphatic heterocycles. The van der Waals surface area contributed by atoms with Crippen molar-refractivity contribution in [3.05, 3.63) is 59.1 Å². The fraction of sp³-hybridized carbons (Fsp3) is 0.333. The Balaban J connectivity index is 1.34. The maximum atomic E-state index is 14.5. The first-order chi connectivity index (χ1) is 14.6. The molecule has 0 bridgehead atoms. The highest BCUT2D eigenvalue weighted by Crippen LogP contribution is 2.40. The second-order valence-electron chi connectivity index (χ2n) is 7.53. The quantitative estimate of drug-likeness (QED) is 0.457. The Morgan fingerprint density at radius 1 is 1.30 bits per heavy atom. The minimum absolute atomic E-state index is 0.0388. The maximum absolute atomic E-state index is 14.5. The number of benzene rings is 1. The zero-order valence-electron chi connectivity index (χ0n) is 16.1. The Morgan fingerprint density at radius 3 is 2.93 bits per heavy atom. The van der Waals surface area contributed by atoms with E-state index in [9.17, 15) is 14.0 Å². The molecule has 3 aromatic rings. The van der Waals surface area contributed by atoms with Gasteiger partial charge in [-0.25, -0.2) is 4.39 Å². The number of nitrogens with one attached hydrogen (secondary N) is 1. The van der Waals surface area contributed by atoms with Gasteiger partial charge in [-0.2, -0.15) is 0 Å². The van der Waals surface area contributed by atoms with Crippen LogP contribution in [0, 0.1) is 5.82 Å². The summed E-state index contributed by atoms with van der Waals surface area (Å²) in [7, 11) is 0. The summed E-state index contributed by atoms with van der Waals surface area (Å²) in [5, 5.41) is 11.8. The van der Waals surface area contributed by atoms with E-state index >= 15 is 0 Å². The van der Waals surface area contributed by atoms with E-state index in [0.29, 0.717) is 36.1 Å². The van der Waals surface area contributed by atoms with Crippen molar-refractivity contribution in [2.24, 2.45) is 0 Å². The third-order valence-corrected chi connectivity index (χ3v) is 6.27. The zero-order chi connectivity index (χ0) is 20.7. The molecular formula is C21H19FN4O3S. The third kappa shape index (κ3) is 3.77. The van der Waals surface area contributed by atoms with Crippen molar-refractivity contribution in [3.8, 4) is 0 Å². The van der Waals surface area contributed by atoms with Crippen molar-refractivity contribution >= 4 is 29.1 Å². The molecule has 0 atom stereocenters. The number of aryl methyl sites for hydroxylation is 1. The molecule has 7 nitrogen and oxygen atoms in total. The van der Waals surface area contributed by atoms with Crippen molar-refractivity contribution in [1.29, 1.82) is 0 Å². The third-order valence-electron chi connectivity index (χ3n) is 5.30. The Morgan fingerprint density at radius 2 is 2.17 bits per heavy atom. The van der Waals surface area contributed by atoms with Gasteiger partial charge in [0.25, 0.3) is 0 Å². The van der Waals surface area contributed by atoms with Crippen LogP contribution in [0.4, 0.5) is 10.1 Å². The molecule has 0 saturated heterocycles. The Hall–Kier alpha value is -2.94. The molecule has 2 aromatic heterocycles. The average Bonchev–Trinajstić information content (AvgIpc) is 3.29. The number of carbonyl (C=O) groups excluding carboxylic acids is 2. The molecular weight excluding hydrogens is 407 g/mol. The van der Waals surface area contributed by atoms with E-state index in [0.717, 1.165) is 30.0 Å². The van der Waals surface area contributed by atoms with Gasteiger partial charge in [-0.3, -0.25) is 14.2 Å². The number of aromatic nitrogens is 3. The van der Waals surface area contributed by atoms with E-state index < -0.39 is 5.82 Å². The summed E-state index contributed by atoms with van der Waals surface area (Å²) in [6.45, 7) is 0.495. The molecule has 1 aliphatic carbocycles. The van der Waals surface area contributed by atoms with Gasteiger partial charge in [-0.1, -0.05) is 11.8 Å². The number of furan rings is 1. The molecule has 3 heterocycles. The van der Waals surface area contributed by atoms with Crippen molar-refractivity contribution in [3.63, 3.8) is 0 Å². The van der Waals surface area contributed by atoms with Crippen LogP contribution in [-0.4, -0.2) is 32.2 Å². The van der Waals surface area contributed by atoms with E-state index in [1.54, 1.807) is 12.3 Å². The molecule has 1 saturated carbocycles. The van der Waals surface area contributed by atoms with Gasteiger partial charge in [0.1, 0.15) is 17.4 Å².